The van der Waals surface area contributed by atoms with Gasteiger partial charge in [-0.15, -0.1) is 0 Å². The van der Waals surface area contributed by atoms with E-state index >= 15 is 4.39 Å². The van der Waals surface area contributed by atoms with Crippen molar-refractivity contribution < 1.29 is 10.3 Å². The highest BCUT2D eigenvalue weighted by molar-refractivity contribution is 6.88. The van der Waals surface area contributed by atoms with E-state index in [-0.39, 0.29) is 5.82 Å². The Labute approximate surface area is 158 Å². The van der Waals surface area contributed by atoms with E-state index in [9.17, 15) is 0 Å². The summed E-state index contributed by atoms with van der Waals surface area (Å²) in [6, 6.07) is 8.43. The van der Waals surface area contributed by atoms with E-state index in [1.54, 1.807) is 6.07 Å². The van der Waals surface area contributed by atoms with Crippen molar-refractivity contribution >= 4 is 24.0 Å². The number of rotatable bonds is 2. The summed E-state index contributed by atoms with van der Waals surface area (Å²) in [6.45, 7) is 14.7. The second kappa shape index (κ2) is 6.31. The molecule has 136 valence electrons. The Kier molecular flexibility index (Phi) is 4.23. The number of fused-ring (bicyclic) bond motifs is 1. The predicted molar refractivity (Wildman–Crippen MR) is 112 cm³/mol. The fourth-order valence-electron chi connectivity index (χ4n) is 3.69. The van der Waals surface area contributed by atoms with Crippen LogP contribution in [0.15, 0.2) is 30.3 Å². The summed E-state index contributed by atoms with van der Waals surface area (Å²) in [7, 11) is 0.136. The minimum Gasteiger partial charge on any atom is -0.207 e. The summed E-state index contributed by atoms with van der Waals surface area (Å²) >= 11 is 0. The number of hydrogen-bond acceptors (Lipinski definition) is 0. The number of hydrogen-bond donors (Lipinski definition) is 0. The zero-order valence-corrected chi connectivity index (χ0v) is 18.1. The van der Waals surface area contributed by atoms with Crippen LogP contribution in [0.3, 0.4) is 0 Å². The number of benzene rings is 2. The van der Waals surface area contributed by atoms with Gasteiger partial charge in [0.25, 0.3) is 0 Å². The lowest BCUT2D eigenvalue weighted by atomic mass is 9.94. The lowest BCUT2D eigenvalue weighted by Crippen LogP contribution is -2.40. The van der Waals surface area contributed by atoms with Gasteiger partial charge >= 0.3 is 0 Å². The van der Waals surface area contributed by atoms with Gasteiger partial charge < -0.3 is 0 Å². The van der Waals surface area contributed by atoms with Crippen LogP contribution in [-0.2, 0) is 7.05 Å². The van der Waals surface area contributed by atoms with Crippen LogP contribution in [0, 0.1) is 33.5 Å². The maximum Gasteiger partial charge on any atom is 0.220 e. The normalized spacial score (nSPS) is 12.6. The van der Waals surface area contributed by atoms with Crippen LogP contribution in [-0.4, -0.2) is 8.07 Å². The first kappa shape index (κ1) is 17.4. The number of aryl methyl sites for hydroxylation is 2. The van der Waals surface area contributed by atoms with E-state index in [0.717, 1.165) is 32.9 Å². The Hall–Kier alpha value is -2.00. The molecule has 0 radical (unpaired) electrons. The molecule has 0 spiro atoms. The highest BCUT2D eigenvalue weighted by Crippen LogP contribution is 2.31. The molecule has 0 N–H and O–H groups in total. The minimum absolute atomic E-state index is 0.145. The van der Waals surface area contributed by atoms with Gasteiger partial charge in [0.1, 0.15) is 12.9 Å². The summed E-state index contributed by atoms with van der Waals surface area (Å²) in [6.07, 6.45) is 0. The second-order valence-electron chi connectivity index (χ2n) is 8.50. The van der Waals surface area contributed by atoms with Gasteiger partial charge in [0.2, 0.25) is 5.69 Å². The predicted octanol–water partition coefficient (Wildman–Crippen LogP) is 5.25. The molecule has 0 fully saturated rings. The van der Waals surface area contributed by atoms with Crippen molar-refractivity contribution in [2.75, 3.05) is 0 Å². The SMILES string of the molecule is [2H]c1c(C)[n+](C)c(-c2cc(C)cc(C)c2C)c2cc(F)c([Si](C)(C)C)cc12. The number of pyridine rings is 1. The molecular formula is C23H29FNSi+. The zero-order chi connectivity index (χ0) is 20.3. The summed E-state index contributed by atoms with van der Waals surface area (Å²) in [4.78, 5) is 0. The fourth-order valence-corrected chi connectivity index (χ4v) is 5.05. The molecule has 2 aromatic carbocycles. The molecule has 1 aromatic heterocycles. The van der Waals surface area contributed by atoms with Crippen LogP contribution >= 0.6 is 0 Å². The zero-order valence-electron chi connectivity index (χ0n) is 18.1. The van der Waals surface area contributed by atoms with Crippen molar-refractivity contribution in [1.82, 2.24) is 0 Å². The third kappa shape index (κ3) is 3.09. The topological polar surface area (TPSA) is 3.88 Å². The minimum atomic E-state index is -1.84. The van der Waals surface area contributed by atoms with Gasteiger partial charge in [0.05, 0.1) is 20.4 Å². The van der Waals surface area contributed by atoms with Crippen LogP contribution < -0.4 is 9.75 Å². The first-order valence-corrected chi connectivity index (χ1v) is 12.6. The molecule has 0 unspecified atom stereocenters. The van der Waals surface area contributed by atoms with Gasteiger partial charge in [-0.25, -0.2) is 4.39 Å². The summed E-state index contributed by atoms with van der Waals surface area (Å²) < 4.78 is 25.8. The molecule has 0 saturated carbocycles. The van der Waals surface area contributed by atoms with Crippen molar-refractivity contribution in [3.63, 3.8) is 0 Å². The van der Waals surface area contributed by atoms with Crippen molar-refractivity contribution in [3.8, 4) is 11.3 Å². The van der Waals surface area contributed by atoms with Crippen LogP contribution in [0.4, 0.5) is 4.39 Å². The number of aromatic nitrogens is 1. The molecule has 26 heavy (non-hydrogen) atoms. The molecule has 3 aromatic rings. The van der Waals surface area contributed by atoms with Gasteiger partial charge in [-0.3, -0.25) is 0 Å². The molecule has 1 heterocycles. The Morgan fingerprint density at radius 3 is 2.27 bits per heavy atom. The Morgan fingerprint density at radius 2 is 1.65 bits per heavy atom. The molecule has 1 nitrogen and oxygen atoms in total. The van der Waals surface area contributed by atoms with E-state index in [0.29, 0.717) is 6.04 Å². The molecule has 0 aliphatic heterocycles. The maximum absolute atomic E-state index is 15.1. The largest absolute Gasteiger partial charge is 0.220 e. The highest BCUT2D eigenvalue weighted by atomic mass is 28.3. The Balaban J connectivity index is 2.53. The molecule has 0 atom stereocenters. The molecule has 0 saturated heterocycles. The third-order valence-corrected chi connectivity index (χ3v) is 7.39. The van der Waals surface area contributed by atoms with Crippen LogP contribution in [0.1, 0.15) is 23.8 Å². The van der Waals surface area contributed by atoms with Crippen LogP contribution in [0.5, 0.6) is 0 Å². The lowest BCUT2D eigenvalue weighted by Gasteiger charge is -2.19. The standard InChI is InChI=1S/C23H29FNSi/c1-14-9-15(2)17(4)19(10-14)23-20-13-21(24)22(26(6,7)8)12-18(20)11-16(3)25(23)5/h9-13H,1-8H3/q+1/i11D. The van der Waals surface area contributed by atoms with Crippen molar-refractivity contribution in [2.24, 2.45) is 7.05 Å². The molecular weight excluding hydrogens is 337 g/mol. The Morgan fingerprint density at radius 1 is 1.00 bits per heavy atom. The highest BCUT2D eigenvalue weighted by Gasteiger charge is 2.26. The van der Waals surface area contributed by atoms with Gasteiger partial charge in [0, 0.05) is 13.0 Å². The molecule has 0 bridgehead atoms. The molecule has 0 aliphatic rings. The maximum atomic E-state index is 15.1. The quantitative estimate of drug-likeness (QED) is 0.430. The summed E-state index contributed by atoms with van der Waals surface area (Å²) in [5.41, 5.74) is 6.61. The first-order chi connectivity index (χ1) is 12.4. The monoisotopic (exact) mass is 367 g/mol. The number of nitrogens with zero attached hydrogens (tertiary/aromatic N) is 1. The van der Waals surface area contributed by atoms with E-state index in [1.165, 1.54) is 16.7 Å². The van der Waals surface area contributed by atoms with Crippen LogP contribution in [0.2, 0.25) is 19.6 Å². The average molecular weight is 368 g/mol. The van der Waals surface area contributed by atoms with E-state index in [4.69, 9.17) is 1.37 Å². The second-order valence-corrected chi connectivity index (χ2v) is 13.5. The molecule has 3 rings (SSSR count). The summed E-state index contributed by atoms with van der Waals surface area (Å²) in [5, 5.41) is 2.46. The van der Waals surface area contributed by atoms with Crippen molar-refractivity contribution in [2.45, 2.75) is 47.3 Å². The van der Waals surface area contributed by atoms with Gasteiger partial charge in [-0.05, 0) is 54.6 Å². The van der Waals surface area contributed by atoms with E-state index in [1.807, 2.05) is 24.6 Å². The van der Waals surface area contributed by atoms with Crippen molar-refractivity contribution in [1.29, 1.82) is 0 Å². The van der Waals surface area contributed by atoms with Crippen molar-refractivity contribution in [3.05, 3.63) is 58.5 Å². The first-order valence-electron chi connectivity index (χ1n) is 9.64. The van der Waals surface area contributed by atoms with Crippen LogP contribution in [0.25, 0.3) is 22.0 Å². The van der Waals surface area contributed by atoms with Gasteiger partial charge in [-0.1, -0.05) is 37.3 Å². The Bertz CT molecular complexity index is 1080. The lowest BCUT2D eigenvalue weighted by molar-refractivity contribution is -0.665. The molecule has 3 heteroatoms. The average Bonchev–Trinajstić information content (AvgIpc) is 2.55. The van der Waals surface area contributed by atoms with E-state index in [2.05, 4.69) is 52.5 Å². The van der Waals surface area contributed by atoms with Gasteiger partial charge in [-0.2, -0.15) is 4.57 Å². The fraction of sp³-hybridized carbons (Fsp3) is 0.348. The smallest absolute Gasteiger partial charge is 0.207 e. The molecule has 0 aliphatic carbocycles. The van der Waals surface area contributed by atoms with E-state index < -0.39 is 8.07 Å². The van der Waals surface area contributed by atoms with Gasteiger partial charge in [0.15, 0.2) is 5.69 Å². The molecule has 0 amide bonds. The number of halogens is 1. The third-order valence-electron chi connectivity index (χ3n) is 5.39. The summed E-state index contributed by atoms with van der Waals surface area (Å²) in [5.74, 6) is -0.145.